The Balaban J connectivity index is 1.78. The Morgan fingerprint density at radius 2 is 0.688 bits per heavy atom. The first-order valence-electron chi connectivity index (χ1n) is 24.4. The highest BCUT2D eigenvalue weighted by molar-refractivity contribution is 5.78. The van der Waals surface area contributed by atoms with E-state index in [-0.39, 0.29) is 0 Å². The van der Waals surface area contributed by atoms with Gasteiger partial charge in [0.05, 0.1) is 39.6 Å². The molecule has 8 heteroatoms. The lowest BCUT2D eigenvalue weighted by Crippen LogP contribution is -2.05. The Labute approximate surface area is 386 Å². The Kier molecular flexibility index (Phi) is 25.8. The van der Waals surface area contributed by atoms with Crippen LogP contribution in [-0.2, 0) is 9.47 Å². The highest BCUT2D eigenvalue weighted by atomic mass is 16.5. The number of hydrogen-bond acceptors (Lipinski definition) is 8. The van der Waals surface area contributed by atoms with E-state index in [1.165, 1.54) is 51.4 Å². The van der Waals surface area contributed by atoms with Gasteiger partial charge in [0.2, 0.25) is 0 Å². The van der Waals surface area contributed by atoms with Crippen molar-refractivity contribution in [2.24, 2.45) is 0 Å². The summed E-state index contributed by atoms with van der Waals surface area (Å²) in [5.74, 6) is 11.6. The molecule has 0 aliphatic heterocycles. The molecule has 350 valence electrons. The van der Waals surface area contributed by atoms with Crippen LogP contribution in [0.3, 0.4) is 0 Å². The Hall–Kier alpha value is -4.84. The molecule has 0 saturated carbocycles. The molecule has 64 heavy (non-hydrogen) atoms. The third kappa shape index (κ3) is 18.7. The van der Waals surface area contributed by atoms with Crippen molar-refractivity contribution in [3.8, 4) is 68.6 Å². The maximum atomic E-state index is 6.46. The Bertz CT molecular complexity index is 1810. The molecule has 0 aromatic heterocycles. The average molecular weight is 879 g/mol. The molecule has 0 unspecified atom stereocenters. The summed E-state index contributed by atoms with van der Waals surface area (Å²) in [6.07, 6.45) is 18.1. The van der Waals surface area contributed by atoms with Crippen LogP contribution in [0.15, 0.2) is 72.8 Å². The van der Waals surface area contributed by atoms with Crippen LogP contribution >= 0.6 is 0 Å². The normalized spacial score (nSPS) is 10.9. The maximum Gasteiger partial charge on any atom is 0.161 e. The van der Waals surface area contributed by atoms with Gasteiger partial charge in [-0.2, -0.15) is 0 Å². The molecule has 0 fully saturated rings. The lowest BCUT2D eigenvalue weighted by atomic mass is 9.96. The predicted octanol–water partition coefficient (Wildman–Crippen LogP) is 14.3. The number of unbranched alkanes of at least 4 members (excludes halogenated alkanes) is 12. The van der Waals surface area contributed by atoms with E-state index in [9.17, 15) is 0 Å². The molecule has 0 radical (unpaired) electrons. The van der Waals surface area contributed by atoms with Gasteiger partial charge in [0, 0.05) is 25.3 Å². The summed E-state index contributed by atoms with van der Waals surface area (Å²) in [5, 5.41) is 0. The minimum atomic E-state index is 0.426. The van der Waals surface area contributed by atoms with Crippen LogP contribution in [0.25, 0.3) is 22.3 Å². The van der Waals surface area contributed by atoms with E-state index in [0.717, 1.165) is 108 Å². The summed E-state index contributed by atoms with van der Waals surface area (Å²) in [7, 11) is 3.35. The van der Waals surface area contributed by atoms with Crippen LogP contribution in [-0.4, -0.2) is 67.1 Å². The molecular weight excluding hydrogens is 801 g/mol. The van der Waals surface area contributed by atoms with Crippen molar-refractivity contribution in [1.82, 2.24) is 0 Å². The second-order valence-corrected chi connectivity index (χ2v) is 16.3. The summed E-state index contributed by atoms with van der Waals surface area (Å²) in [6, 6.07) is 24.6. The standard InChI is InChI=1S/C56H78O8/c1-7-11-15-19-33-61-53-31-25-47(43-55(53)63-35-21-17-13-9-3)51-29-27-49(59-39-37-57-5)41-45(51)23-24-46-42-50(60-40-38-58-6)28-30-52(46)48-26-32-54(62-34-20-16-12-8-2)56(44-48)64-36-22-18-14-10-4/h25-32,41-44H,7-22,33-40H2,1-6H3. The van der Waals surface area contributed by atoms with E-state index in [1.54, 1.807) is 14.2 Å². The van der Waals surface area contributed by atoms with Crippen molar-refractivity contribution in [3.05, 3.63) is 83.9 Å². The van der Waals surface area contributed by atoms with Crippen LogP contribution in [0.2, 0.25) is 0 Å². The molecule has 0 aliphatic rings. The number of methoxy groups -OCH3 is 2. The van der Waals surface area contributed by atoms with E-state index < -0.39 is 0 Å². The fourth-order valence-electron chi connectivity index (χ4n) is 7.22. The van der Waals surface area contributed by atoms with Gasteiger partial charge in [-0.1, -0.05) is 129 Å². The van der Waals surface area contributed by atoms with Gasteiger partial charge in [0.15, 0.2) is 23.0 Å². The second-order valence-electron chi connectivity index (χ2n) is 16.3. The first kappa shape index (κ1) is 51.8. The van der Waals surface area contributed by atoms with Crippen LogP contribution in [0.5, 0.6) is 34.5 Å². The summed E-state index contributed by atoms with van der Waals surface area (Å²) in [6.45, 7) is 13.3. The summed E-state index contributed by atoms with van der Waals surface area (Å²) in [5.41, 5.74) is 5.53. The van der Waals surface area contributed by atoms with E-state index in [2.05, 4.69) is 75.9 Å². The number of benzene rings is 4. The van der Waals surface area contributed by atoms with Gasteiger partial charge >= 0.3 is 0 Å². The minimum absolute atomic E-state index is 0.426. The van der Waals surface area contributed by atoms with Gasteiger partial charge < -0.3 is 37.9 Å². The Morgan fingerprint density at radius 3 is 1.03 bits per heavy atom. The molecule has 4 aromatic carbocycles. The van der Waals surface area contributed by atoms with Gasteiger partial charge in [-0.25, -0.2) is 0 Å². The largest absolute Gasteiger partial charge is 0.491 e. The molecule has 4 aromatic rings. The first-order valence-corrected chi connectivity index (χ1v) is 24.4. The molecule has 0 atom stereocenters. The van der Waals surface area contributed by atoms with Crippen molar-refractivity contribution in [1.29, 1.82) is 0 Å². The zero-order valence-electron chi connectivity index (χ0n) is 40.2. The molecule has 0 amide bonds. The average Bonchev–Trinajstić information content (AvgIpc) is 3.31. The lowest BCUT2D eigenvalue weighted by Gasteiger charge is -2.16. The molecular formula is C56H78O8. The highest BCUT2D eigenvalue weighted by Crippen LogP contribution is 2.38. The molecule has 4 rings (SSSR count). The van der Waals surface area contributed by atoms with Gasteiger partial charge in [-0.3, -0.25) is 0 Å². The van der Waals surface area contributed by atoms with Gasteiger partial charge in [-0.05, 0) is 109 Å². The Morgan fingerprint density at radius 1 is 0.328 bits per heavy atom. The SMILES string of the molecule is CCCCCCOc1ccc(-c2ccc(OCCOC)cc2C#Cc2cc(OCCOC)ccc2-c2ccc(OCCCCCC)c(OCCCCCC)c2)cc1OCCCCCC. The van der Waals surface area contributed by atoms with Gasteiger partial charge in [0.1, 0.15) is 24.7 Å². The second kappa shape index (κ2) is 31.9. The lowest BCUT2D eigenvalue weighted by molar-refractivity contribution is 0.146. The summed E-state index contributed by atoms with van der Waals surface area (Å²) < 4.78 is 48.4. The molecule has 8 nitrogen and oxygen atoms in total. The molecule has 0 heterocycles. The number of ether oxygens (including phenoxy) is 8. The number of rotatable bonds is 34. The molecule has 0 bridgehead atoms. The monoisotopic (exact) mass is 879 g/mol. The number of hydrogen-bond donors (Lipinski definition) is 0. The predicted molar refractivity (Wildman–Crippen MR) is 263 cm³/mol. The molecule has 0 aliphatic carbocycles. The van der Waals surface area contributed by atoms with Crippen LogP contribution in [0, 0.1) is 11.8 Å². The van der Waals surface area contributed by atoms with Crippen molar-refractivity contribution in [2.45, 2.75) is 130 Å². The minimum Gasteiger partial charge on any atom is -0.491 e. The third-order valence-corrected chi connectivity index (χ3v) is 11.0. The zero-order valence-corrected chi connectivity index (χ0v) is 40.2. The highest BCUT2D eigenvalue weighted by Gasteiger charge is 2.15. The molecule has 0 saturated heterocycles. The van der Waals surface area contributed by atoms with Gasteiger partial charge in [-0.15, -0.1) is 0 Å². The van der Waals surface area contributed by atoms with E-state index in [0.29, 0.717) is 64.4 Å². The third-order valence-electron chi connectivity index (χ3n) is 11.0. The van der Waals surface area contributed by atoms with Gasteiger partial charge in [0.25, 0.3) is 0 Å². The molecule has 0 N–H and O–H groups in total. The maximum absolute atomic E-state index is 6.46. The molecule has 0 spiro atoms. The summed E-state index contributed by atoms with van der Waals surface area (Å²) in [4.78, 5) is 0. The van der Waals surface area contributed by atoms with Crippen molar-refractivity contribution < 1.29 is 37.9 Å². The van der Waals surface area contributed by atoms with Crippen molar-refractivity contribution in [3.63, 3.8) is 0 Å². The van der Waals surface area contributed by atoms with E-state index in [4.69, 9.17) is 37.9 Å². The van der Waals surface area contributed by atoms with E-state index in [1.807, 2.05) is 36.4 Å². The fourth-order valence-corrected chi connectivity index (χ4v) is 7.22. The smallest absolute Gasteiger partial charge is 0.161 e. The quantitative estimate of drug-likeness (QED) is 0.0339. The topological polar surface area (TPSA) is 73.8 Å². The van der Waals surface area contributed by atoms with E-state index >= 15 is 0 Å². The van der Waals surface area contributed by atoms with Crippen LogP contribution in [0.1, 0.15) is 142 Å². The fraction of sp³-hybridized carbons (Fsp3) is 0.536. The summed E-state index contributed by atoms with van der Waals surface area (Å²) >= 11 is 0. The first-order chi connectivity index (χ1) is 31.5. The van der Waals surface area contributed by atoms with Crippen molar-refractivity contribution >= 4 is 0 Å². The van der Waals surface area contributed by atoms with Crippen LogP contribution < -0.4 is 28.4 Å². The van der Waals surface area contributed by atoms with Crippen molar-refractivity contribution in [2.75, 3.05) is 67.1 Å². The zero-order chi connectivity index (χ0) is 45.5. The van der Waals surface area contributed by atoms with Crippen LogP contribution in [0.4, 0.5) is 0 Å².